The summed E-state index contributed by atoms with van der Waals surface area (Å²) < 4.78 is 11.5. The SMILES string of the molecule is CCC1C(=O)N2CCCC2C(=O)N1CCS(=O)CC. The number of carbonyl (C=O) groups is 2. The summed E-state index contributed by atoms with van der Waals surface area (Å²) in [6.07, 6.45) is 2.31. The average Bonchev–Trinajstić information content (AvgIpc) is 2.90. The van der Waals surface area contributed by atoms with E-state index in [2.05, 4.69) is 0 Å². The minimum absolute atomic E-state index is 0.0528. The molecule has 0 bridgehead atoms. The van der Waals surface area contributed by atoms with Gasteiger partial charge in [0.2, 0.25) is 11.8 Å². The van der Waals surface area contributed by atoms with Crippen molar-refractivity contribution in [3.63, 3.8) is 0 Å². The van der Waals surface area contributed by atoms with E-state index in [1.165, 1.54) is 0 Å². The van der Waals surface area contributed by atoms with Crippen LogP contribution in [0.5, 0.6) is 0 Å². The van der Waals surface area contributed by atoms with Gasteiger partial charge in [-0.05, 0) is 19.3 Å². The second-order valence-corrected chi connectivity index (χ2v) is 6.94. The van der Waals surface area contributed by atoms with E-state index in [0.29, 0.717) is 31.0 Å². The molecule has 2 aliphatic rings. The molecule has 0 aromatic rings. The molecule has 0 spiro atoms. The Morgan fingerprint density at radius 2 is 2.00 bits per heavy atom. The van der Waals surface area contributed by atoms with Gasteiger partial charge in [0.1, 0.15) is 12.1 Å². The quantitative estimate of drug-likeness (QED) is 0.733. The maximum absolute atomic E-state index is 12.5. The largest absolute Gasteiger partial charge is 0.329 e. The first-order valence-corrected chi connectivity index (χ1v) is 8.54. The van der Waals surface area contributed by atoms with Crippen LogP contribution in [0.25, 0.3) is 0 Å². The van der Waals surface area contributed by atoms with Crippen molar-refractivity contribution in [2.75, 3.05) is 24.6 Å². The van der Waals surface area contributed by atoms with E-state index in [1.807, 2.05) is 13.8 Å². The molecule has 0 saturated carbocycles. The minimum Gasteiger partial charge on any atom is -0.329 e. The van der Waals surface area contributed by atoms with Crippen molar-refractivity contribution >= 4 is 22.6 Å². The predicted octanol–water partition coefficient (Wildman–Crippen LogP) is 0.367. The van der Waals surface area contributed by atoms with Crippen molar-refractivity contribution in [2.45, 2.75) is 45.2 Å². The van der Waals surface area contributed by atoms with Crippen molar-refractivity contribution < 1.29 is 13.8 Å². The summed E-state index contributed by atoms with van der Waals surface area (Å²) in [5.41, 5.74) is 0. The van der Waals surface area contributed by atoms with Crippen LogP contribution in [0, 0.1) is 0 Å². The summed E-state index contributed by atoms with van der Waals surface area (Å²) in [4.78, 5) is 28.2. The molecule has 108 valence electrons. The van der Waals surface area contributed by atoms with Gasteiger partial charge in [0.25, 0.3) is 0 Å². The summed E-state index contributed by atoms with van der Waals surface area (Å²) in [6, 6.07) is -0.610. The highest BCUT2D eigenvalue weighted by Crippen LogP contribution is 2.27. The first kappa shape index (κ1) is 14.5. The molecule has 19 heavy (non-hydrogen) atoms. The van der Waals surface area contributed by atoms with E-state index in [1.54, 1.807) is 9.80 Å². The van der Waals surface area contributed by atoms with Crippen molar-refractivity contribution in [2.24, 2.45) is 0 Å². The molecule has 3 atom stereocenters. The fraction of sp³-hybridized carbons (Fsp3) is 0.846. The van der Waals surface area contributed by atoms with E-state index >= 15 is 0 Å². The highest BCUT2D eigenvalue weighted by atomic mass is 32.2. The molecule has 2 amide bonds. The summed E-state index contributed by atoms with van der Waals surface area (Å²) in [6.45, 7) is 4.94. The molecule has 2 heterocycles. The molecule has 0 aliphatic carbocycles. The van der Waals surface area contributed by atoms with E-state index in [9.17, 15) is 13.8 Å². The van der Waals surface area contributed by atoms with E-state index in [0.717, 1.165) is 12.8 Å². The number of hydrogen-bond acceptors (Lipinski definition) is 3. The van der Waals surface area contributed by atoms with E-state index in [-0.39, 0.29) is 23.9 Å². The van der Waals surface area contributed by atoms with Crippen LogP contribution in [0.15, 0.2) is 0 Å². The van der Waals surface area contributed by atoms with Crippen molar-refractivity contribution in [1.82, 2.24) is 9.80 Å². The molecule has 2 fully saturated rings. The smallest absolute Gasteiger partial charge is 0.246 e. The third-order valence-corrected chi connectivity index (χ3v) is 5.32. The molecule has 5 nitrogen and oxygen atoms in total. The topological polar surface area (TPSA) is 57.7 Å². The van der Waals surface area contributed by atoms with Gasteiger partial charge < -0.3 is 9.80 Å². The lowest BCUT2D eigenvalue weighted by molar-refractivity contribution is -0.159. The first-order valence-electron chi connectivity index (χ1n) is 7.06. The van der Waals surface area contributed by atoms with Crippen molar-refractivity contribution in [3.8, 4) is 0 Å². The molecule has 2 rings (SSSR count). The van der Waals surface area contributed by atoms with E-state index in [4.69, 9.17) is 0 Å². The number of piperazine rings is 1. The normalized spacial score (nSPS) is 28.7. The zero-order valence-electron chi connectivity index (χ0n) is 11.6. The predicted molar refractivity (Wildman–Crippen MR) is 74.1 cm³/mol. The number of hydrogen-bond donors (Lipinski definition) is 0. The van der Waals surface area contributed by atoms with Crippen LogP contribution in [0.2, 0.25) is 0 Å². The standard InChI is InChI=1S/C13H22N2O3S/c1-3-10-12(16)14-7-5-6-11(14)13(17)15(10)8-9-19(18)4-2/h10-11H,3-9H2,1-2H3. The van der Waals surface area contributed by atoms with Gasteiger partial charge in [-0.1, -0.05) is 13.8 Å². The molecule has 2 aliphatic heterocycles. The number of amides is 2. The molecule has 6 heteroatoms. The Bertz CT molecular complexity index is 399. The van der Waals surface area contributed by atoms with Gasteiger partial charge in [-0.15, -0.1) is 0 Å². The highest BCUT2D eigenvalue weighted by Gasteiger charge is 2.46. The van der Waals surface area contributed by atoms with Gasteiger partial charge in [-0.2, -0.15) is 0 Å². The zero-order valence-corrected chi connectivity index (χ0v) is 12.4. The van der Waals surface area contributed by atoms with Gasteiger partial charge in [0.15, 0.2) is 0 Å². The number of fused-ring (bicyclic) bond motifs is 1. The average molecular weight is 286 g/mol. The van der Waals surface area contributed by atoms with Crippen LogP contribution in [0.3, 0.4) is 0 Å². The fourth-order valence-corrected chi connectivity index (χ4v) is 3.65. The molecule has 0 N–H and O–H groups in total. The van der Waals surface area contributed by atoms with Crippen LogP contribution in [-0.4, -0.2) is 62.5 Å². The van der Waals surface area contributed by atoms with Gasteiger partial charge >= 0.3 is 0 Å². The van der Waals surface area contributed by atoms with Crippen LogP contribution in [0.4, 0.5) is 0 Å². The lowest BCUT2D eigenvalue weighted by Crippen LogP contribution is -2.63. The highest BCUT2D eigenvalue weighted by molar-refractivity contribution is 7.84. The minimum atomic E-state index is -0.897. The Labute approximate surface area is 116 Å². The van der Waals surface area contributed by atoms with Crippen molar-refractivity contribution in [3.05, 3.63) is 0 Å². The summed E-state index contributed by atoms with van der Waals surface area (Å²) in [7, 11) is -0.897. The molecule has 0 aromatic carbocycles. The van der Waals surface area contributed by atoms with Crippen molar-refractivity contribution in [1.29, 1.82) is 0 Å². The third kappa shape index (κ3) is 2.68. The van der Waals surface area contributed by atoms with Crippen LogP contribution in [-0.2, 0) is 20.4 Å². The number of rotatable bonds is 5. The maximum atomic E-state index is 12.5. The third-order valence-electron chi connectivity index (χ3n) is 4.03. The first-order chi connectivity index (χ1) is 9.10. The second-order valence-electron chi connectivity index (χ2n) is 5.08. The Morgan fingerprint density at radius 3 is 2.63 bits per heavy atom. The lowest BCUT2D eigenvalue weighted by atomic mass is 10.0. The maximum Gasteiger partial charge on any atom is 0.246 e. The molecule has 0 radical (unpaired) electrons. The van der Waals surface area contributed by atoms with Gasteiger partial charge in [0.05, 0.1) is 0 Å². The monoisotopic (exact) mass is 286 g/mol. The number of nitrogens with zero attached hydrogens (tertiary/aromatic N) is 2. The Kier molecular flexibility index (Phi) is 4.60. The van der Waals surface area contributed by atoms with Gasteiger partial charge in [-0.3, -0.25) is 13.8 Å². The zero-order chi connectivity index (χ0) is 14.0. The van der Waals surface area contributed by atoms with Gasteiger partial charge in [0, 0.05) is 35.4 Å². The van der Waals surface area contributed by atoms with Crippen LogP contribution < -0.4 is 0 Å². The molecule has 0 aromatic heterocycles. The van der Waals surface area contributed by atoms with Crippen LogP contribution >= 0.6 is 0 Å². The Balaban J connectivity index is 2.12. The van der Waals surface area contributed by atoms with E-state index < -0.39 is 10.8 Å². The Hall–Kier alpha value is -0.910. The Morgan fingerprint density at radius 1 is 1.26 bits per heavy atom. The summed E-state index contributed by atoms with van der Waals surface area (Å²) in [5.74, 6) is 1.20. The fourth-order valence-electron chi connectivity index (χ4n) is 2.96. The molecular weight excluding hydrogens is 264 g/mol. The number of carbonyl (C=O) groups excluding carboxylic acids is 2. The molecular formula is C13H22N2O3S. The van der Waals surface area contributed by atoms with Gasteiger partial charge in [-0.25, -0.2) is 0 Å². The lowest BCUT2D eigenvalue weighted by Gasteiger charge is -2.42. The molecule has 3 unspecified atom stereocenters. The van der Waals surface area contributed by atoms with Crippen LogP contribution in [0.1, 0.15) is 33.1 Å². The summed E-state index contributed by atoms with van der Waals surface area (Å²) in [5, 5.41) is 0. The molecule has 2 saturated heterocycles. The second kappa shape index (κ2) is 6.03. The summed E-state index contributed by atoms with van der Waals surface area (Å²) >= 11 is 0.